The van der Waals surface area contributed by atoms with Crippen LogP contribution in [0.25, 0.3) is 22.2 Å². The Morgan fingerprint density at radius 1 is 1.05 bits per heavy atom. The van der Waals surface area contributed by atoms with E-state index in [9.17, 15) is 9.90 Å². The zero-order valence-electron chi connectivity index (χ0n) is 10.7. The van der Waals surface area contributed by atoms with Crippen LogP contribution >= 0.6 is 23.2 Å². The molecule has 0 fully saturated rings. The number of aromatic nitrogens is 1. The van der Waals surface area contributed by atoms with E-state index in [0.29, 0.717) is 21.6 Å². The number of fused-ring (bicyclic) bond motifs is 1. The maximum absolute atomic E-state index is 11.5. The maximum atomic E-state index is 11.5. The topological polar surface area (TPSA) is 50.2 Å². The summed E-state index contributed by atoms with van der Waals surface area (Å²) >= 11 is 12.2. The fraction of sp³-hybridized carbons (Fsp3) is 0. The van der Waals surface area contributed by atoms with Crippen molar-refractivity contribution in [1.29, 1.82) is 0 Å². The number of carboxylic acids is 1. The van der Waals surface area contributed by atoms with E-state index < -0.39 is 5.97 Å². The molecule has 21 heavy (non-hydrogen) atoms. The zero-order valence-corrected chi connectivity index (χ0v) is 12.2. The van der Waals surface area contributed by atoms with Crippen molar-refractivity contribution in [3.05, 3.63) is 64.1 Å². The number of benzene rings is 2. The molecule has 0 atom stereocenters. The highest BCUT2D eigenvalue weighted by Crippen LogP contribution is 2.33. The van der Waals surface area contributed by atoms with E-state index in [1.54, 1.807) is 18.2 Å². The van der Waals surface area contributed by atoms with Crippen LogP contribution in [0.5, 0.6) is 0 Å². The number of pyridine rings is 1. The van der Waals surface area contributed by atoms with Gasteiger partial charge in [0.05, 0.1) is 26.8 Å². The van der Waals surface area contributed by atoms with Crippen molar-refractivity contribution in [2.75, 3.05) is 0 Å². The predicted molar refractivity (Wildman–Crippen MR) is 84.2 cm³/mol. The van der Waals surface area contributed by atoms with Crippen LogP contribution in [0.3, 0.4) is 0 Å². The highest BCUT2D eigenvalue weighted by atomic mass is 35.5. The lowest BCUT2D eigenvalue weighted by molar-refractivity contribution is 0.0699. The van der Waals surface area contributed by atoms with Crippen molar-refractivity contribution in [1.82, 2.24) is 4.98 Å². The first kappa shape index (κ1) is 13.9. The zero-order chi connectivity index (χ0) is 15.0. The number of hydrogen-bond donors (Lipinski definition) is 1. The van der Waals surface area contributed by atoms with Gasteiger partial charge in [0.15, 0.2) is 0 Å². The fourth-order valence-electron chi connectivity index (χ4n) is 2.17. The summed E-state index contributed by atoms with van der Waals surface area (Å²) in [5.74, 6) is -1.03. The minimum atomic E-state index is -1.03. The molecule has 0 radical (unpaired) electrons. The van der Waals surface area contributed by atoms with Crippen LogP contribution in [0.2, 0.25) is 10.0 Å². The Kier molecular flexibility index (Phi) is 3.53. The van der Waals surface area contributed by atoms with Crippen LogP contribution in [-0.2, 0) is 0 Å². The smallest absolute Gasteiger partial charge is 0.336 e. The number of nitrogens with zero attached hydrogens (tertiary/aromatic N) is 1. The van der Waals surface area contributed by atoms with Gasteiger partial charge in [0.25, 0.3) is 0 Å². The number of hydrogen-bond acceptors (Lipinski definition) is 2. The number of halogens is 2. The van der Waals surface area contributed by atoms with E-state index in [1.807, 2.05) is 30.3 Å². The van der Waals surface area contributed by atoms with Crippen LogP contribution in [0, 0.1) is 0 Å². The lowest BCUT2D eigenvalue weighted by Gasteiger charge is -2.09. The van der Waals surface area contributed by atoms with Crippen molar-refractivity contribution < 1.29 is 9.90 Å². The molecule has 0 saturated heterocycles. The highest BCUT2D eigenvalue weighted by molar-refractivity contribution is 6.45. The molecule has 0 aliphatic carbocycles. The molecule has 1 aromatic heterocycles. The van der Waals surface area contributed by atoms with Gasteiger partial charge in [-0.1, -0.05) is 59.6 Å². The number of carboxylic acid groups (broad SMARTS) is 1. The Balaban J connectivity index is 2.39. The van der Waals surface area contributed by atoms with Gasteiger partial charge in [-0.2, -0.15) is 0 Å². The van der Waals surface area contributed by atoms with Gasteiger partial charge >= 0.3 is 5.97 Å². The third-order valence-electron chi connectivity index (χ3n) is 3.17. The van der Waals surface area contributed by atoms with Gasteiger partial charge in [-0.3, -0.25) is 0 Å². The van der Waals surface area contributed by atoms with Gasteiger partial charge in [-0.15, -0.1) is 0 Å². The molecule has 1 heterocycles. The van der Waals surface area contributed by atoms with Gasteiger partial charge in [0.2, 0.25) is 0 Å². The Bertz CT molecular complexity index is 848. The Hall–Kier alpha value is -2.10. The van der Waals surface area contributed by atoms with Crippen LogP contribution in [0.4, 0.5) is 0 Å². The van der Waals surface area contributed by atoms with Gasteiger partial charge in [0.1, 0.15) is 0 Å². The first-order chi connectivity index (χ1) is 10.1. The number of rotatable bonds is 2. The molecule has 0 bridgehead atoms. The van der Waals surface area contributed by atoms with Crippen molar-refractivity contribution >= 4 is 40.1 Å². The van der Waals surface area contributed by atoms with Gasteiger partial charge in [-0.05, 0) is 12.1 Å². The van der Waals surface area contributed by atoms with E-state index in [4.69, 9.17) is 23.2 Å². The molecular formula is C16H9Cl2NO2. The molecule has 5 heteroatoms. The number of aromatic carboxylic acids is 1. The molecule has 0 aliphatic rings. The minimum absolute atomic E-state index is 0.150. The van der Waals surface area contributed by atoms with Crippen LogP contribution < -0.4 is 0 Å². The quantitative estimate of drug-likeness (QED) is 0.730. The van der Waals surface area contributed by atoms with E-state index in [1.165, 1.54) is 0 Å². The SMILES string of the molecule is O=C(O)c1cc(-c2ccccc2)nc2c(Cl)c(Cl)ccc12. The third kappa shape index (κ3) is 2.46. The fourth-order valence-corrected chi connectivity index (χ4v) is 2.53. The summed E-state index contributed by atoms with van der Waals surface area (Å²) in [6.07, 6.45) is 0. The molecule has 0 aliphatic heterocycles. The van der Waals surface area contributed by atoms with Crippen molar-refractivity contribution in [3.63, 3.8) is 0 Å². The Morgan fingerprint density at radius 3 is 2.43 bits per heavy atom. The van der Waals surface area contributed by atoms with Crippen molar-refractivity contribution in [2.24, 2.45) is 0 Å². The molecule has 3 aromatic rings. The average Bonchev–Trinajstić information content (AvgIpc) is 2.51. The monoisotopic (exact) mass is 317 g/mol. The lowest BCUT2D eigenvalue weighted by Crippen LogP contribution is -2.00. The molecule has 0 spiro atoms. The lowest BCUT2D eigenvalue weighted by atomic mass is 10.0. The van der Waals surface area contributed by atoms with E-state index in [2.05, 4.69) is 4.98 Å². The number of carbonyl (C=O) groups is 1. The van der Waals surface area contributed by atoms with Crippen molar-refractivity contribution in [2.45, 2.75) is 0 Å². The van der Waals surface area contributed by atoms with Gasteiger partial charge in [-0.25, -0.2) is 9.78 Å². The normalized spacial score (nSPS) is 10.8. The molecule has 0 unspecified atom stereocenters. The second-order valence-corrected chi connectivity index (χ2v) is 5.27. The Morgan fingerprint density at radius 2 is 1.76 bits per heavy atom. The third-order valence-corrected chi connectivity index (χ3v) is 3.97. The van der Waals surface area contributed by atoms with Crippen molar-refractivity contribution in [3.8, 4) is 11.3 Å². The largest absolute Gasteiger partial charge is 0.478 e. The first-order valence-electron chi connectivity index (χ1n) is 6.15. The molecule has 3 nitrogen and oxygen atoms in total. The second-order valence-electron chi connectivity index (χ2n) is 4.48. The molecule has 3 rings (SSSR count). The van der Waals surface area contributed by atoms with E-state index in [-0.39, 0.29) is 10.6 Å². The molecule has 0 saturated carbocycles. The van der Waals surface area contributed by atoms with Crippen LogP contribution in [0.15, 0.2) is 48.5 Å². The summed E-state index contributed by atoms with van der Waals surface area (Å²) in [4.78, 5) is 16.0. The van der Waals surface area contributed by atoms with E-state index in [0.717, 1.165) is 5.56 Å². The summed E-state index contributed by atoms with van der Waals surface area (Å²) in [5.41, 5.74) is 1.91. The molecule has 1 N–H and O–H groups in total. The summed E-state index contributed by atoms with van der Waals surface area (Å²) in [6, 6.07) is 14.1. The second kappa shape index (κ2) is 5.35. The molecular weight excluding hydrogens is 309 g/mol. The summed E-state index contributed by atoms with van der Waals surface area (Å²) in [7, 11) is 0. The summed E-state index contributed by atoms with van der Waals surface area (Å²) in [6.45, 7) is 0. The molecule has 2 aromatic carbocycles. The molecule has 104 valence electrons. The van der Waals surface area contributed by atoms with Crippen LogP contribution in [0.1, 0.15) is 10.4 Å². The van der Waals surface area contributed by atoms with Gasteiger partial charge < -0.3 is 5.11 Å². The van der Waals surface area contributed by atoms with E-state index >= 15 is 0 Å². The average molecular weight is 318 g/mol. The summed E-state index contributed by atoms with van der Waals surface area (Å²) in [5, 5.41) is 10.5. The minimum Gasteiger partial charge on any atom is -0.478 e. The van der Waals surface area contributed by atoms with Crippen LogP contribution in [-0.4, -0.2) is 16.1 Å². The highest BCUT2D eigenvalue weighted by Gasteiger charge is 2.16. The molecule has 0 amide bonds. The summed E-state index contributed by atoms with van der Waals surface area (Å²) < 4.78 is 0. The van der Waals surface area contributed by atoms with Gasteiger partial charge in [0, 0.05) is 10.9 Å². The maximum Gasteiger partial charge on any atom is 0.336 e. The Labute approximate surface area is 130 Å². The predicted octanol–water partition coefficient (Wildman–Crippen LogP) is 4.91. The first-order valence-corrected chi connectivity index (χ1v) is 6.91. The standard InChI is InChI=1S/C16H9Cl2NO2/c17-12-7-6-10-11(16(20)21)8-13(19-15(10)14(12)18)9-4-2-1-3-5-9/h1-8H,(H,20,21).